The van der Waals surface area contributed by atoms with Gasteiger partial charge < -0.3 is 0 Å². The average Bonchev–Trinajstić information content (AvgIpc) is 3.07. The number of rotatable bonds is 3. The fourth-order valence-corrected chi connectivity index (χ4v) is 4.21. The second-order valence-electron chi connectivity index (χ2n) is 4.68. The summed E-state index contributed by atoms with van der Waals surface area (Å²) in [6, 6.07) is 7.33. The second-order valence-corrected chi connectivity index (χ2v) is 7.27. The molecule has 1 atom stereocenters. The van der Waals surface area contributed by atoms with Gasteiger partial charge in [0.15, 0.2) is 5.78 Å². The Hall–Kier alpha value is -1.50. The van der Waals surface area contributed by atoms with E-state index in [9.17, 15) is 4.79 Å². The fourth-order valence-electron chi connectivity index (χ4n) is 2.07. The lowest BCUT2D eigenvalue weighted by Gasteiger charge is -2.01. The molecule has 0 aliphatic carbocycles. The van der Waals surface area contributed by atoms with E-state index in [1.54, 1.807) is 12.1 Å². The average molecular weight is 350 g/mol. The highest BCUT2D eigenvalue weighted by molar-refractivity contribution is 8.19. The fraction of sp³-hybridized carbons (Fsp3) is 0.200. The Labute approximate surface area is 141 Å². The Morgan fingerprint density at radius 2 is 2.14 bits per heavy atom. The van der Waals surface area contributed by atoms with Gasteiger partial charge >= 0.3 is 0 Å². The van der Waals surface area contributed by atoms with E-state index in [0.29, 0.717) is 20.0 Å². The summed E-state index contributed by atoms with van der Waals surface area (Å²) in [5.74, 6) is -0.717. The first-order valence-corrected chi connectivity index (χ1v) is 8.70. The number of halogens is 1. The van der Waals surface area contributed by atoms with Crippen LogP contribution in [0, 0.1) is 5.41 Å². The summed E-state index contributed by atoms with van der Waals surface area (Å²) < 4.78 is 0. The number of carbonyl (C=O) groups is 1. The third kappa shape index (κ3) is 2.86. The molecule has 1 aromatic heterocycles. The summed E-state index contributed by atoms with van der Waals surface area (Å²) in [7, 11) is 0. The lowest BCUT2D eigenvalue weighted by atomic mass is 10.1. The largest absolute Gasteiger partial charge is 0.297 e. The number of allylic oxidation sites excluding steroid dienone is 1. The van der Waals surface area contributed by atoms with Crippen molar-refractivity contribution in [2.24, 2.45) is 0 Å². The Morgan fingerprint density at radius 1 is 1.36 bits per heavy atom. The van der Waals surface area contributed by atoms with Crippen molar-refractivity contribution in [3.63, 3.8) is 0 Å². The Balaban J connectivity index is 1.93. The highest BCUT2D eigenvalue weighted by atomic mass is 35.5. The van der Waals surface area contributed by atoms with Crippen molar-refractivity contribution in [3.8, 4) is 0 Å². The molecule has 22 heavy (non-hydrogen) atoms. The van der Waals surface area contributed by atoms with Gasteiger partial charge in [-0.25, -0.2) is 0 Å². The topological polar surface area (TPSA) is 66.7 Å². The lowest BCUT2D eigenvalue weighted by Crippen LogP contribution is -2.11. The molecule has 112 valence electrons. The molecule has 1 aliphatic heterocycles. The van der Waals surface area contributed by atoms with Crippen LogP contribution >= 0.6 is 34.7 Å². The second kappa shape index (κ2) is 6.32. The van der Waals surface area contributed by atoms with Gasteiger partial charge in [0.1, 0.15) is 15.9 Å². The van der Waals surface area contributed by atoms with Crippen molar-refractivity contribution >= 4 is 51.6 Å². The molecule has 2 aromatic rings. The van der Waals surface area contributed by atoms with Gasteiger partial charge in [-0.05, 0) is 24.1 Å². The van der Waals surface area contributed by atoms with Gasteiger partial charge in [-0.2, -0.15) is 0 Å². The van der Waals surface area contributed by atoms with E-state index in [2.05, 4.69) is 10.2 Å². The maximum atomic E-state index is 12.6. The van der Waals surface area contributed by atoms with Gasteiger partial charge in [-0.3, -0.25) is 10.2 Å². The van der Waals surface area contributed by atoms with Crippen molar-refractivity contribution in [1.29, 1.82) is 5.41 Å². The summed E-state index contributed by atoms with van der Waals surface area (Å²) in [5, 5.41) is 18.6. The zero-order valence-corrected chi connectivity index (χ0v) is 14.1. The molecular weight excluding hydrogens is 338 g/mol. The number of aromatic nitrogens is 2. The first-order chi connectivity index (χ1) is 10.6. The van der Waals surface area contributed by atoms with E-state index >= 15 is 0 Å². The third-order valence-corrected chi connectivity index (χ3v) is 5.68. The van der Waals surface area contributed by atoms with E-state index in [1.807, 2.05) is 25.1 Å². The number of carbonyl (C=O) groups excluding carboxylic acids is 1. The quantitative estimate of drug-likeness (QED) is 0.844. The molecule has 1 aromatic carbocycles. The molecule has 4 nitrogen and oxygen atoms in total. The van der Waals surface area contributed by atoms with E-state index in [0.717, 1.165) is 17.0 Å². The van der Waals surface area contributed by atoms with Crippen LogP contribution in [0.2, 0.25) is 5.02 Å². The minimum absolute atomic E-state index is 0.103. The molecule has 0 bridgehead atoms. The number of Topliss-reactive ketones (excluding diaryl/α,β-unsaturated/α-hetero) is 1. The number of nitrogens with zero attached hydrogens (tertiary/aromatic N) is 2. The molecule has 0 saturated carbocycles. The monoisotopic (exact) mass is 349 g/mol. The summed E-state index contributed by atoms with van der Waals surface area (Å²) in [5.41, 5.74) is 0.778. The molecule has 1 N–H and O–H groups in total. The minimum atomic E-state index is -0.614. The van der Waals surface area contributed by atoms with Crippen LogP contribution in [0.1, 0.15) is 28.4 Å². The van der Waals surface area contributed by atoms with Gasteiger partial charge in [-0.1, -0.05) is 48.5 Å². The zero-order valence-electron chi connectivity index (χ0n) is 11.7. The Bertz CT molecular complexity index is 785. The smallest absolute Gasteiger partial charge is 0.186 e. The van der Waals surface area contributed by atoms with E-state index < -0.39 is 5.92 Å². The van der Waals surface area contributed by atoms with Crippen LogP contribution in [0.25, 0.3) is 6.08 Å². The predicted octanol–water partition coefficient (Wildman–Crippen LogP) is 4.17. The van der Waals surface area contributed by atoms with E-state index in [1.165, 1.54) is 23.1 Å². The number of hydrogen-bond acceptors (Lipinski definition) is 6. The van der Waals surface area contributed by atoms with E-state index in [4.69, 9.17) is 17.0 Å². The van der Waals surface area contributed by atoms with Crippen molar-refractivity contribution in [2.75, 3.05) is 0 Å². The highest BCUT2D eigenvalue weighted by Crippen LogP contribution is 2.41. The molecule has 2 heterocycles. The zero-order chi connectivity index (χ0) is 15.7. The first kappa shape index (κ1) is 15.4. The molecule has 1 fully saturated rings. The molecule has 1 unspecified atom stereocenters. The van der Waals surface area contributed by atoms with Gasteiger partial charge in [-0.15, -0.1) is 21.5 Å². The molecule has 0 spiro atoms. The molecule has 0 amide bonds. The standard InChI is InChI=1S/C15H12ClN3OS2/c1-2-11-18-19-15(22-11)12-13(20)10(21-14(12)17)7-8-5-3-4-6-9(8)16/h3-7,12,17H,2H2,1H3. The third-order valence-electron chi connectivity index (χ3n) is 3.21. The first-order valence-electron chi connectivity index (χ1n) is 6.69. The van der Waals surface area contributed by atoms with Crippen LogP contribution in [0.4, 0.5) is 0 Å². The van der Waals surface area contributed by atoms with E-state index in [-0.39, 0.29) is 5.78 Å². The molecule has 1 saturated heterocycles. The predicted molar refractivity (Wildman–Crippen MR) is 91.8 cm³/mol. The molecule has 0 radical (unpaired) electrons. The highest BCUT2D eigenvalue weighted by Gasteiger charge is 2.39. The number of nitrogens with one attached hydrogen (secondary N) is 1. The van der Waals surface area contributed by atoms with Crippen molar-refractivity contribution < 1.29 is 4.79 Å². The van der Waals surface area contributed by atoms with Crippen molar-refractivity contribution in [1.82, 2.24) is 10.2 Å². The molecular formula is C15H12ClN3OS2. The molecule has 1 aliphatic rings. The van der Waals surface area contributed by atoms with Gasteiger partial charge in [0.05, 0.1) is 9.95 Å². The summed E-state index contributed by atoms with van der Waals surface area (Å²) in [6.07, 6.45) is 2.52. The summed E-state index contributed by atoms with van der Waals surface area (Å²) >= 11 is 8.69. The number of hydrogen-bond donors (Lipinski definition) is 1. The Morgan fingerprint density at radius 3 is 2.82 bits per heavy atom. The van der Waals surface area contributed by atoms with Crippen LogP contribution in [-0.4, -0.2) is 21.0 Å². The number of aryl methyl sites for hydroxylation is 1. The number of ketones is 1. The number of benzene rings is 1. The van der Waals surface area contributed by atoms with Crippen LogP contribution in [0.15, 0.2) is 29.2 Å². The molecule has 3 rings (SSSR count). The summed E-state index contributed by atoms with van der Waals surface area (Å²) in [4.78, 5) is 13.1. The lowest BCUT2D eigenvalue weighted by molar-refractivity contribution is -0.114. The van der Waals surface area contributed by atoms with Gasteiger partial charge in [0, 0.05) is 5.02 Å². The minimum Gasteiger partial charge on any atom is -0.297 e. The van der Waals surface area contributed by atoms with Gasteiger partial charge in [0.25, 0.3) is 0 Å². The summed E-state index contributed by atoms with van der Waals surface area (Å²) in [6.45, 7) is 1.99. The van der Waals surface area contributed by atoms with Crippen LogP contribution in [0.5, 0.6) is 0 Å². The Kier molecular flexibility index (Phi) is 4.42. The maximum Gasteiger partial charge on any atom is 0.186 e. The van der Waals surface area contributed by atoms with Gasteiger partial charge in [0.2, 0.25) is 0 Å². The normalized spacial score (nSPS) is 20.1. The van der Waals surface area contributed by atoms with Crippen LogP contribution < -0.4 is 0 Å². The van der Waals surface area contributed by atoms with Crippen molar-refractivity contribution in [3.05, 3.63) is 49.8 Å². The maximum absolute atomic E-state index is 12.6. The number of thioether (sulfide) groups is 1. The van der Waals surface area contributed by atoms with Crippen LogP contribution in [0.3, 0.4) is 0 Å². The molecule has 7 heteroatoms. The van der Waals surface area contributed by atoms with Crippen molar-refractivity contribution in [2.45, 2.75) is 19.3 Å². The SMILES string of the molecule is CCc1nnc(C2C(=N)SC(=Cc3ccccc3Cl)C2=O)s1. The van der Waals surface area contributed by atoms with Crippen LogP contribution in [-0.2, 0) is 11.2 Å².